The molecule has 1 N–H and O–H groups in total. The molecule has 2 heterocycles. The number of fused-ring (bicyclic) bond motifs is 3. The van der Waals surface area contributed by atoms with Crippen molar-refractivity contribution >= 4 is 17.7 Å². The number of aliphatic hydroxyl groups is 1. The van der Waals surface area contributed by atoms with E-state index in [2.05, 4.69) is 34.6 Å². The summed E-state index contributed by atoms with van der Waals surface area (Å²) in [4.78, 5) is 38.2. The molecule has 4 saturated carbocycles. The zero-order valence-electron chi connectivity index (χ0n) is 23.4. The van der Waals surface area contributed by atoms with Crippen molar-refractivity contribution in [3.05, 3.63) is 24.2 Å². The second kappa shape index (κ2) is 7.72. The van der Waals surface area contributed by atoms with Gasteiger partial charge in [0.1, 0.15) is 23.9 Å². The van der Waals surface area contributed by atoms with E-state index in [1.54, 1.807) is 12.5 Å². The van der Waals surface area contributed by atoms with Crippen molar-refractivity contribution in [1.29, 1.82) is 0 Å². The molecule has 8 heteroatoms. The third kappa shape index (κ3) is 2.81. The first kappa shape index (κ1) is 26.1. The van der Waals surface area contributed by atoms with Crippen molar-refractivity contribution in [3.8, 4) is 0 Å². The van der Waals surface area contributed by atoms with Crippen LogP contribution in [0, 0.1) is 33.5 Å². The molecule has 1 aromatic rings. The number of hydrogen-bond acceptors (Lipinski definition) is 8. The summed E-state index contributed by atoms with van der Waals surface area (Å²) in [5.41, 5.74) is -2.19. The van der Waals surface area contributed by atoms with Gasteiger partial charge >= 0.3 is 11.9 Å². The number of epoxide rings is 1. The standard InChI is InChI=1S/C30H40O8/c1-15(31)36-21-13-22(37-16(2)32)28(6)18-8-10-27(5)23(17-9-11-35-14-17)24(34)25-30(27,38-25)29(18,7)20(33)12-19(28)26(21,3)4/h9,11,14,18-23,25,33H,8,10,12-13H2,1-7H3. The Balaban J connectivity index is 1.48. The molecular weight excluding hydrogens is 488 g/mol. The summed E-state index contributed by atoms with van der Waals surface area (Å²) >= 11 is 0. The molecule has 11 atom stereocenters. The minimum absolute atomic E-state index is 0.0608. The molecule has 38 heavy (non-hydrogen) atoms. The van der Waals surface area contributed by atoms with E-state index in [1.165, 1.54) is 13.8 Å². The van der Waals surface area contributed by atoms with E-state index >= 15 is 0 Å². The fourth-order valence-electron chi connectivity index (χ4n) is 10.6. The summed E-state index contributed by atoms with van der Waals surface area (Å²) in [6.45, 7) is 13.4. The van der Waals surface area contributed by atoms with Gasteiger partial charge in [0.15, 0.2) is 5.78 Å². The Morgan fingerprint density at radius 3 is 2.26 bits per heavy atom. The van der Waals surface area contributed by atoms with Crippen LogP contribution in [0.5, 0.6) is 0 Å². The lowest BCUT2D eigenvalue weighted by molar-refractivity contribution is -0.287. The van der Waals surface area contributed by atoms with E-state index in [4.69, 9.17) is 18.6 Å². The number of esters is 2. The summed E-state index contributed by atoms with van der Waals surface area (Å²) in [6.07, 6.45) is 3.30. The summed E-state index contributed by atoms with van der Waals surface area (Å²) in [5.74, 6) is -1.21. The number of furan rings is 1. The maximum absolute atomic E-state index is 13.8. The summed E-state index contributed by atoms with van der Waals surface area (Å²) in [5, 5.41) is 12.1. The van der Waals surface area contributed by atoms with Gasteiger partial charge in [-0.15, -0.1) is 0 Å². The number of carbonyl (C=O) groups is 3. The fourth-order valence-corrected chi connectivity index (χ4v) is 10.6. The Morgan fingerprint density at radius 1 is 1.00 bits per heavy atom. The van der Waals surface area contributed by atoms with E-state index < -0.39 is 51.7 Å². The van der Waals surface area contributed by atoms with E-state index in [0.717, 1.165) is 18.4 Å². The summed E-state index contributed by atoms with van der Waals surface area (Å²) in [7, 11) is 0. The number of ketones is 1. The van der Waals surface area contributed by atoms with Crippen molar-refractivity contribution in [2.45, 2.75) is 110 Å². The normalized spacial score (nSPS) is 50.2. The minimum Gasteiger partial charge on any atom is -0.472 e. The quantitative estimate of drug-likeness (QED) is 0.459. The van der Waals surface area contributed by atoms with Crippen LogP contribution in [0.3, 0.4) is 0 Å². The van der Waals surface area contributed by atoms with Crippen LogP contribution in [-0.2, 0) is 28.6 Å². The fraction of sp³-hybridized carbons (Fsp3) is 0.767. The lowest BCUT2D eigenvalue weighted by Gasteiger charge is -2.70. The van der Waals surface area contributed by atoms with Gasteiger partial charge in [0, 0.05) is 47.5 Å². The lowest BCUT2D eigenvalue weighted by Crippen LogP contribution is -2.73. The second-order valence-corrected chi connectivity index (χ2v) is 13.8. The third-order valence-electron chi connectivity index (χ3n) is 12.1. The van der Waals surface area contributed by atoms with Gasteiger partial charge in [-0.2, -0.15) is 0 Å². The smallest absolute Gasteiger partial charge is 0.302 e. The predicted octanol–water partition coefficient (Wildman–Crippen LogP) is 4.19. The highest BCUT2D eigenvalue weighted by atomic mass is 16.6. The van der Waals surface area contributed by atoms with Crippen LogP contribution in [0.4, 0.5) is 0 Å². The Hall–Kier alpha value is -2.19. The number of hydrogen-bond donors (Lipinski definition) is 1. The van der Waals surface area contributed by atoms with Crippen molar-refractivity contribution in [1.82, 2.24) is 0 Å². The Bertz CT molecular complexity index is 1190. The molecule has 5 fully saturated rings. The van der Waals surface area contributed by atoms with E-state index in [9.17, 15) is 19.5 Å². The molecule has 0 amide bonds. The molecule has 11 unspecified atom stereocenters. The highest BCUT2D eigenvalue weighted by Crippen LogP contribution is 2.82. The first-order valence-corrected chi connectivity index (χ1v) is 13.9. The van der Waals surface area contributed by atoms with Gasteiger partial charge in [-0.05, 0) is 37.2 Å². The van der Waals surface area contributed by atoms with Crippen LogP contribution in [0.2, 0.25) is 0 Å². The van der Waals surface area contributed by atoms with Gasteiger partial charge < -0.3 is 23.7 Å². The molecule has 1 saturated heterocycles. The predicted molar refractivity (Wildman–Crippen MR) is 135 cm³/mol. The third-order valence-corrected chi connectivity index (χ3v) is 12.1. The van der Waals surface area contributed by atoms with Crippen molar-refractivity contribution < 1.29 is 38.1 Å². The maximum Gasteiger partial charge on any atom is 0.302 e. The van der Waals surface area contributed by atoms with Crippen LogP contribution in [0.15, 0.2) is 23.0 Å². The van der Waals surface area contributed by atoms with Crippen LogP contribution in [0.25, 0.3) is 0 Å². The van der Waals surface area contributed by atoms with Crippen LogP contribution in [-0.4, -0.2) is 52.8 Å². The number of aliphatic hydroxyl groups excluding tert-OH is 1. The molecule has 5 aliphatic rings. The van der Waals surface area contributed by atoms with Crippen LogP contribution < -0.4 is 0 Å². The Kier molecular flexibility index (Phi) is 5.29. The summed E-state index contributed by atoms with van der Waals surface area (Å²) < 4.78 is 23.7. The molecule has 0 radical (unpaired) electrons. The number of rotatable bonds is 3. The van der Waals surface area contributed by atoms with Gasteiger partial charge in [0.05, 0.1) is 24.5 Å². The molecule has 8 nitrogen and oxygen atoms in total. The van der Waals surface area contributed by atoms with Gasteiger partial charge in [0.25, 0.3) is 0 Å². The van der Waals surface area contributed by atoms with Crippen LogP contribution in [0.1, 0.15) is 85.6 Å². The molecule has 6 rings (SSSR count). The van der Waals surface area contributed by atoms with Crippen molar-refractivity contribution in [2.75, 3.05) is 0 Å². The summed E-state index contributed by atoms with van der Waals surface area (Å²) in [6, 6.07) is 1.87. The maximum atomic E-state index is 13.8. The van der Waals surface area contributed by atoms with Gasteiger partial charge in [-0.25, -0.2) is 0 Å². The molecule has 0 aromatic carbocycles. The van der Waals surface area contributed by atoms with Crippen LogP contribution >= 0.6 is 0 Å². The van der Waals surface area contributed by atoms with Crippen molar-refractivity contribution in [2.24, 2.45) is 33.5 Å². The average Bonchev–Trinajstić information content (AvgIpc) is 3.30. The zero-order valence-corrected chi connectivity index (χ0v) is 23.4. The Morgan fingerprint density at radius 2 is 1.66 bits per heavy atom. The van der Waals surface area contributed by atoms with Gasteiger partial charge in [-0.1, -0.05) is 34.6 Å². The van der Waals surface area contributed by atoms with Gasteiger partial charge in [0.2, 0.25) is 0 Å². The lowest BCUT2D eigenvalue weighted by atomic mass is 9.35. The monoisotopic (exact) mass is 528 g/mol. The second-order valence-electron chi connectivity index (χ2n) is 13.8. The molecular formula is C30H40O8. The first-order chi connectivity index (χ1) is 17.7. The Labute approximate surface area is 223 Å². The van der Waals surface area contributed by atoms with E-state index in [0.29, 0.717) is 12.8 Å². The minimum atomic E-state index is -0.813. The van der Waals surface area contributed by atoms with E-state index in [-0.39, 0.29) is 35.5 Å². The largest absolute Gasteiger partial charge is 0.472 e. The van der Waals surface area contributed by atoms with E-state index in [1.807, 2.05) is 6.07 Å². The van der Waals surface area contributed by atoms with Gasteiger partial charge in [-0.3, -0.25) is 14.4 Å². The molecule has 1 aliphatic heterocycles. The molecule has 1 spiro atoms. The number of carbonyl (C=O) groups excluding carboxylic acids is 3. The SMILES string of the molecule is CC(=O)OC1CC(OC(C)=O)C2(C)C(CC(O)C3(C)C2CCC2(C)C(c4ccoc4)C(=O)C4OC423)C1(C)C. The molecule has 4 aliphatic carbocycles. The zero-order chi connectivity index (χ0) is 27.6. The number of Topliss-reactive ketones (excluding diaryl/α,β-unsaturated/α-hetero) is 1. The molecule has 0 bridgehead atoms. The molecule has 1 aromatic heterocycles. The topological polar surface area (TPSA) is 116 Å². The molecule has 208 valence electrons. The average molecular weight is 529 g/mol. The highest BCUT2D eigenvalue weighted by molar-refractivity contribution is 5.98. The van der Waals surface area contributed by atoms with Crippen molar-refractivity contribution in [3.63, 3.8) is 0 Å². The first-order valence-electron chi connectivity index (χ1n) is 13.9. The highest BCUT2D eigenvalue weighted by Gasteiger charge is 2.90. The number of ether oxygens (including phenoxy) is 3.